The van der Waals surface area contributed by atoms with Gasteiger partial charge < -0.3 is 20.4 Å². The molecule has 42 heavy (non-hydrogen) atoms. The Morgan fingerprint density at radius 1 is 0.381 bits per heavy atom. The van der Waals surface area contributed by atoms with Crippen molar-refractivity contribution in [2.75, 3.05) is 0 Å². The predicted octanol–water partition coefficient (Wildman–Crippen LogP) is 7.43. The molecule has 0 amide bonds. The van der Waals surface area contributed by atoms with Crippen LogP contribution in [0.3, 0.4) is 0 Å². The van der Waals surface area contributed by atoms with E-state index in [1.54, 1.807) is 30.3 Å². The van der Waals surface area contributed by atoms with Crippen LogP contribution in [0, 0.1) is 0 Å². The molecule has 4 N–H and O–H groups in total. The van der Waals surface area contributed by atoms with Crippen molar-refractivity contribution in [1.82, 2.24) is 0 Å². The minimum absolute atomic E-state index is 0.00732. The Bertz CT molecular complexity index is 2580. The van der Waals surface area contributed by atoms with Crippen LogP contribution in [-0.4, -0.2) is 44.3 Å². The van der Waals surface area contributed by atoms with Crippen LogP contribution in [0.1, 0.15) is 41.4 Å². The number of fused-ring (bicyclic) bond motifs is 5. The molecule has 0 atom stereocenters. The van der Waals surface area contributed by atoms with Crippen molar-refractivity contribution in [2.24, 2.45) is 0 Å². The van der Waals surface area contributed by atoms with Crippen LogP contribution in [0.15, 0.2) is 72.8 Å². The van der Waals surface area contributed by atoms with Crippen LogP contribution < -0.4 is 0 Å². The average molecular weight is 552 g/mol. The third kappa shape index (κ3) is 2.70. The first-order valence-electron chi connectivity index (χ1n) is 12.9. The van der Waals surface area contributed by atoms with Gasteiger partial charge in [-0.3, -0.25) is 0 Å². The Balaban J connectivity index is 1.88. The molecule has 0 heterocycles. The van der Waals surface area contributed by atoms with Crippen LogP contribution in [0.2, 0.25) is 0 Å². The summed E-state index contributed by atoms with van der Waals surface area (Å²) in [6, 6.07) is 20.5. The zero-order valence-corrected chi connectivity index (χ0v) is 21.4. The quantitative estimate of drug-likeness (QED) is 0.130. The van der Waals surface area contributed by atoms with Crippen LogP contribution in [0.25, 0.3) is 75.4 Å². The first-order valence-corrected chi connectivity index (χ1v) is 12.9. The maximum Gasteiger partial charge on any atom is 0.337 e. The third-order valence-electron chi connectivity index (χ3n) is 8.50. The van der Waals surface area contributed by atoms with Crippen molar-refractivity contribution in [1.29, 1.82) is 0 Å². The molecule has 0 spiro atoms. The fourth-order valence-electron chi connectivity index (χ4n) is 7.12. The van der Waals surface area contributed by atoms with E-state index in [9.17, 15) is 39.6 Å². The van der Waals surface area contributed by atoms with Crippen molar-refractivity contribution in [3.05, 3.63) is 95.1 Å². The fourth-order valence-corrected chi connectivity index (χ4v) is 7.12. The highest BCUT2D eigenvalue weighted by molar-refractivity contribution is 6.48. The number of hydrogen-bond acceptors (Lipinski definition) is 4. The van der Waals surface area contributed by atoms with Crippen molar-refractivity contribution < 1.29 is 39.6 Å². The summed E-state index contributed by atoms with van der Waals surface area (Å²) in [6.45, 7) is 0. The number of carboxylic acids is 4. The number of hydrogen-bond donors (Lipinski definition) is 4. The van der Waals surface area contributed by atoms with Gasteiger partial charge in [-0.05, 0) is 66.0 Å². The van der Waals surface area contributed by atoms with E-state index in [0.29, 0.717) is 21.5 Å². The van der Waals surface area contributed by atoms with Gasteiger partial charge >= 0.3 is 23.9 Å². The van der Waals surface area contributed by atoms with Gasteiger partial charge in [0.2, 0.25) is 0 Å². The molecule has 0 aliphatic rings. The molecule has 8 aromatic carbocycles. The fraction of sp³-hybridized carbons (Fsp3) is 0. The highest BCUT2D eigenvalue weighted by Gasteiger charge is 2.32. The molecule has 0 saturated heterocycles. The first kappa shape index (κ1) is 23.8. The van der Waals surface area contributed by atoms with E-state index in [0.717, 1.165) is 21.5 Å². The Morgan fingerprint density at radius 3 is 1.69 bits per heavy atom. The van der Waals surface area contributed by atoms with Gasteiger partial charge in [0.15, 0.2) is 0 Å². The van der Waals surface area contributed by atoms with E-state index in [1.165, 1.54) is 12.1 Å². The Morgan fingerprint density at radius 2 is 1.00 bits per heavy atom. The topological polar surface area (TPSA) is 149 Å². The van der Waals surface area contributed by atoms with E-state index in [4.69, 9.17) is 0 Å². The summed E-state index contributed by atoms with van der Waals surface area (Å²) in [5.74, 6) is -5.59. The minimum Gasteiger partial charge on any atom is -0.478 e. The molecular formula is C34H16O8. The molecule has 0 saturated carbocycles. The van der Waals surface area contributed by atoms with Crippen LogP contribution in [0.5, 0.6) is 0 Å². The lowest BCUT2D eigenvalue weighted by molar-refractivity contribution is 0.0655. The summed E-state index contributed by atoms with van der Waals surface area (Å²) < 4.78 is 0. The summed E-state index contributed by atoms with van der Waals surface area (Å²) >= 11 is 0. The Kier molecular flexibility index (Phi) is 4.42. The maximum atomic E-state index is 13.1. The predicted molar refractivity (Wildman–Crippen MR) is 159 cm³/mol. The van der Waals surface area contributed by atoms with E-state index >= 15 is 0 Å². The second-order valence-electron chi connectivity index (χ2n) is 10.4. The molecule has 8 aromatic rings. The second-order valence-corrected chi connectivity index (χ2v) is 10.4. The van der Waals surface area contributed by atoms with Gasteiger partial charge in [0.1, 0.15) is 0 Å². The standard InChI is InChI=1S/C34H16O8/c35-31(36)19-9-2-5-14-12-20-24(29(22(14)19)33(39)40)18-11-10-13-4-1-6-15-16-7-3-8-17-23(16)28(25(18)21(13)15)26(20)30(34(41)42)27(17)32(37)38/h1-12H,(H,35,36)(H,37,38)(H,39,40)(H,41,42). The van der Waals surface area contributed by atoms with E-state index < -0.39 is 35.0 Å². The maximum absolute atomic E-state index is 13.1. The van der Waals surface area contributed by atoms with Gasteiger partial charge in [0.05, 0.1) is 22.3 Å². The monoisotopic (exact) mass is 552 g/mol. The van der Waals surface area contributed by atoms with Gasteiger partial charge in [0, 0.05) is 21.5 Å². The van der Waals surface area contributed by atoms with Gasteiger partial charge in [-0.15, -0.1) is 0 Å². The summed E-state index contributed by atoms with van der Waals surface area (Å²) in [6.07, 6.45) is 0. The molecule has 8 heteroatoms. The van der Waals surface area contributed by atoms with Crippen LogP contribution in [-0.2, 0) is 0 Å². The molecule has 0 unspecified atom stereocenters. The summed E-state index contributed by atoms with van der Waals surface area (Å²) in [7, 11) is 0. The summed E-state index contributed by atoms with van der Waals surface area (Å²) in [4.78, 5) is 51.1. The van der Waals surface area contributed by atoms with Crippen molar-refractivity contribution in [3.63, 3.8) is 0 Å². The molecule has 8 rings (SSSR count). The highest BCUT2D eigenvalue weighted by atomic mass is 16.4. The van der Waals surface area contributed by atoms with Gasteiger partial charge in [-0.2, -0.15) is 0 Å². The molecule has 0 radical (unpaired) electrons. The molecule has 0 aliphatic heterocycles. The number of rotatable bonds is 4. The molecule has 0 fully saturated rings. The normalized spacial score (nSPS) is 12.1. The third-order valence-corrected chi connectivity index (χ3v) is 8.50. The van der Waals surface area contributed by atoms with Crippen molar-refractivity contribution in [2.45, 2.75) is 0 Å². The summed E-state index contributed by atoms with van der Waals surface area (Å²) in [5.41, 5.74) is -1.34. The lowest BCUT2D eigenvalue weighted by atomic mass is 9.78. The summed E-state index contributed by atoms with van der Waals surface area (Å²) in [5, 5.41) is 48.0. The Hall–Kier alpha value is -6.02. The number of aromatic carboxylic acids is 4. The minimum atomic E-state index is -1.47. The van der Waals surface area contributed by atoms with E-state index in [2.05, 4.69) is 0 Å². The lowest BCUT2D eigenvalue weighted by Gasteiger charge is -2.23. The van der Waals surface area contributed by atoms with E-state index in [1.807, 2.05) is 30.3 Å². The number of carbonyl (C=O) groups is 4. The van der Waals surface area contributed by atoms with Crippen LogP contribution in [0.4, 0.5) is 0 Å². The molecular weight excluding hydrogens is 536 g/mol. The van der Waals surface area contributed by atoms with Gasteiger partial charge in [-0.1, -0.05) is 60.7 Å². The molecule has 0 bridgehead atoms. The first-order chi connectivity index (χ1) is 20.2. The van der Waals surface area contributed by atoms with Crippen molar-refractivity contribution in [3.8, 4) is 0 Å². The van der Waals surface area contributed by atoms with Gasteiger partial charge in [0.25, 0.3) is 0 Å². The largest absolute Gasteiger partial charge is 0.478 e. The van der Waals surface area contributed by atoms with Crippen LogP contribution >= 0.6 is 0 Å². The zero-order chi connectivity index (χ0) is 29.2. The average Bonchev–Trinajstić information content (AvgIpc) is 2.97. The zero-order valence-electron chi connectivity index (χ0n) is 21.4. The molecule has 0 aromatic heterocycles. The smallest absolute Gasteiger partial charge is 0.337 e. The Labute approximate surface area is 233 Å². The second kappa shape index (κ2) is 7.80. The molecule has 200 valence electrons. The molecule has 0 aliphatic carbocycles. The van der Waals surface area contributed by atoms with Crippen molar-refractivity contribution >= 4 is 99.3 Å². The lowest BCUT2D eigenvalue weighted by Crippen LogP contribution is -2.12. The number of carboxylic acid groups (broad SMARTS) is 4. The highest BCUT2D eigenvalue weighted by Crippen LogP contribution is 2.51. The van der Waals surface area contributed by atoms with Gasteiger partial charge in [-0.25, -0.2) is 19.2 Å². The SMILES string of the molecule is O=C(O)c1c(C(=O)O)c2c3cc4cccc(C(=O)O)c4c(C(=O)O)c3c3ccc4cccc5c6cccc1c6c2c3c45. The molecule has 8 nitrogen and oxygen atoms in total. The van der Waals surface area contributed by atoms with E-state index in [-0.39, 0.29) is 43.4 Å². The number of benzene rings is 8.